The Morgan fingerprint density at radius 2 is 1.96 bits per heavy atom. The van der Waals surface area contributed by atoms with Crippen LogP contribution in [0.15, 0.2) is 40.8 Å². The molecule has 0 fully saturated rings. The molecule has 5 nitrogen and oxygen atoms in total. The lowest BCUT2D eigenvalue weighted by atomic mass is 10.1. The van der Waals surface area contributed by atoms with Gasteiger partial charge in [-0.2, -0.15) is 0 Å². The highest BCUT2D eigenvalue weighted by Gasteiger charge is 2.06. The van der Waals surface area contributed by atoms with Gasteiger partial charge in [-0.15, -0.1) is 0 Å². The smallest absolute Gasteiger partial charge is 0.224 e. The molecule has 0 bridgehead atoms. The summed E-state index contributed by atoms with van der Waals surface area (Å²) >= 11 is 0. The molecule has 23 heavy (non-hydrogen) atoms. The van der Waals surface area contributed by atoms with Gasteiger partial charge in [-0.25, -0.2) is 0 Å². The third kappa shape index (κ3) is 5.88. The van der Waals surface area contributed by atoms with Crippen LogP contribution in [0.2, 0.25) is 0 Å². The fourth-order valence-corrected chi connectivity index (χ4v) is 2.27. The number of furan rings is 1. The van der Waals surface area contributed by atoms with Gasteiger partial charge in [-0.05, 0) is 35.7 Å². The third-order valence-corrected chi connectivity index (χ3v) is 3.31. The van der Waals surface area contributed by atoms with Crippen molar-refractivity contribution in [2.45, 2.75) is 40.0 Å². The normalized spacial score (nSPS) is 11.0. The number of aliphatic hydroxyl groups excluding tert-OH is 1. The number of amides is 1. The van der Waals surface area contributed by atoms with Crippen molar-refractivity contribution in [1.82, 2.24) is 5.32 Å². The fourth-order valence-electron chi connectivity index (χ4n) is 2.27. The number of nitrogens with one attached hydrogen (secondary N) is 2. The highest BCUT2D eigenvalue weighted by Crippen LogP contribution is 2.13. The molecule has 1 aromatic carbocycles. The summed E-state index contributed by atoms with van der Waals surface area (Å²) < 4.78 is 5.41. The van der Waals surface area contributed by atoms with E-state index in [1.165, 1.54) is 0 Å². The van der Waals surface area contributed by atoms with Gasteiger partial charge in [-0.1, -0.05) is 26.0 Å². The Bertz CT molecular complexity index is 635. The summed E-state index contributed by atoms with van der Waals surface area (Å²) in [6, 6.07) is 11.4. The standard InChI is InChI=1S/C18H24N2O3/c1-13(2)8-18(22)20-15-5-3-4-14(9-15)10-19-11-16-6-7-17(12-21)23-16/h3-7,9,13,19,21H,8,10-12H2,1-2H3,(H,20,22). The lowest BCUT2D eigenvalue weighted by Gasteiger charge is -2.09. The molecule has 1 heterocycles. The maximum atomic E-state index is 11.8. The van der Waals surface area contributed by atoms with Crippen molar-refractivity contribution in [3.63, 3.8) is 0 Å². The van der Waals surface area contributed by atoms with E-state index in [1.807, 2.05) is 44.2 Å². The maximum Gasteiger partial charge on any atom is 0.224 e. The lowest BCUT2D eigenvalue weighted by Crippen LogP contribution is -2.15. The predicted molar refractivity (Wildman–Crippen MR) is 89.7 cm³/mol. The number of anilines is 1. The van der Waals surface area contributed by atoms with Gasteiger partial charge < -0.3 is 20.2 Å². The topological polar surface area (TPSA) is 74.5 Å². The van der Waals surface area contributed by atoms with Crippen LogP contribution in [0.25, 0.3) is 0 Å². The van der Waals surface area contributed by atoms with Gasteiger partial charge in [0, 0.05) is 18.7 Å². The van der Waals surface area contributed by atoms with Gasteiger partial charge in [0.2, 0.25) is 5.91 Å². The molecule has 0 aliphatic heterocycles. The van der Waals surface area contributed by atoms with E-state index in [0.717, 1.165) is 17.0 Å². The first-order valence-electron chi connectivity index (χ1n) is 7.84. The SMILES string of the molecule is CC(C)CC(=O)Nc1cccc(CNCc2ccc(CO)o2)c1. The van der Waals surface area contributed by atoms with Crippen molar-refractivity contribution >= 4 is 11.6 Å². The van der Waals surface area contributed by atoms with Crippen LogP contribution in [-0.4, -0.2) is 11.0 Å². The van der Waals surface area contributed by atoms with Crippen LogP contribution < -0.4 is 10.6 Å². The molecule has 1 amide bonds. The second kappa shape index (κ2) is 8.50. The Hall–Kier alpha value is -2.11. The van der Waals surface area contributed by atoms with Crippen LogP contribution in [0.3, 0.4) is 0 Å². The first-order valence-corrected chi connectivity index (χ1v) is 7.84. The molecule has 0 radical (unpaired) electrons. The largest absolute Gasteiger partial charge is 0.462 e. The summed E-state index contributed by atoms with van der Waals surface area (Å²) in [5.74, 6) is 1.74. The number of benzene rings is 1. The van der Waals surface area contributed by atoms with E-state index >= 15 is 0 Å². The Labute approximate surface area is 136 Å². The van der Waals surface area contributed by atoms with Crippen LogP contribution in [0.4, 0.5) is 5.69 Å². The van der Waals surface area contributed by atoms with Gasteiger partial charge in [0.15, 0.2) is 0 Å². The first-order chi connectivity index (χ1) is 11.1. The molecular formula is C18H24N2O3. The van der Waals surface area contributed by atoms with Crippen molar-refractivity contribution in [2.75, 3.05) is 5.32 Å². The molecule has 2 aromatic rings. The molecule has 1 aromatic heterocycles. The van der Waals surface area contributed by atoms with E-state index in [1.54, 1.807) is 6.07 Å². The molecule has 124 valence electrons. The molecule has 3 N–H and O–H groups in total. The highest BCUT2D eigenvalue weighted by molar-refractivity contribution is 5.90. The minimum Gasteiger partial charge on any atom is -0.462 e. The molecule has 2 rings (SSSR count). The Kier molecular flexibility index (Phi) is 6.38. The predicted octanol–water partition coefficient (Wildman–Crippen LogP) is 3.05. The minimum atomic E-state index is -0.0852. The average Bonchev–Trinajstić information content (AvgIpc) is 2.95. The zero-order chi connectivity index (χ0) is 16.7. The van der Waals surface area contributed by atoms with Crippen molar-refractivity contribution in [1.29, 1.82) is 0 Å². The van der Waals surface area contributed by atoms with Crippen molar-refractivity contribution in [2.24, 2.45) is 5.92 Å². The zero-order valence-electron chi connectivity index (χ0n) is 13.6. The number of hydrogen-bond acceptors (Lipinski definition) is 4. The first kappa shape index (κ1) is 17.2. The summed E-state index contributed by atoms with van der Waals surface area (Å²) in [6.07, 6.45) is 0.522. The summed E-state index contributed by atoms with van der Waals surface area (Å²) in [7, 11) is 0. The fraction of sp³-hybridized carbons (Fsp3) is 0.389. The quantitative estimate of drug-likeness (QED) is 0.700. The van der Waals surface area contributed by atoms with E-state index in [9.17, 15) is 4.79 Å². The van der Waals surface area contributed by atoms with E-state index in [2.05, 4.69) is 10.6 Å². The van der Waals surface area contributed by atoms with Crippen LogP contribution >= 0.6 is 0 Å². The number of carbonyl (C=O) groups is 1. The van der Waals surface area contributed by atoms with Crippen molar-refractivity contribution in [3.8, 4) is 0 Å². The number of carbonyl (C=O) groups excluding carboxylic acids is 1. The highest BCUT2D eigenvalue weighted by atomic mass is 16.4. The molecule has 0 unspecified atom stereocenters. The van der Waals surface area contributed by atoms with E-state index in [4.69, 9.17) is 9.52 Å². The summed E-state index contributed by atoms with van der Waals surface area (Å²) in [6.45, 7) is 5.22. The Morgan fingerprint density at radius 1 is 1.17 bits per heavy atom. The third-order valence-electron chi connectivity index (χ3n) is 3.31. The molecule has 0 saturated carbocycles. The summed E-state index contributed by atoms with van der Waals surface area (Å²) in [5, 5.41) is 15.2. The summed E-state index contributed by atoms with van der Waals surface area (Å²) in [4.78, 5) is 11.8. The van der Waals surface area contributed by atoms with Crippen LogP contribution in [0.5, 0.6) is 0 Å². The minimum absolute atomic E-state index is 0.0391. The second-order valence-corrected chi connectivity index (χ2v) is 5.98. The van der Waals surface area contributed by atoms with Gasteiger partial charge in [0.05, 0.1) is 6.54 Å². The van der Waals surface area contributed by atoms with Gasteiger partial charge in [0.25, 0.3) is 0 Å². The summed E-state index contributed by atoms with van der Waals surface area (Å²) in [5.41, 5.74) is 1.90. The van der Waals surface area contributed by atoms with Crippen molar-refractivity contribution in [3.05, 3.63) is 53.5 Å². The molecule has 0 spiro atoms. The zero-order valence-corrected chi connectivity index (χ0v) is 13.6. The second-order valence-electron chi connectivity index (χ2n) is 5.98. The van der Waals surface area contributed by atoms with Gasteiger partial charge in [0.1, 0.15) is 18.1 Å². The molecule has 0 aliphatic rings. The van der Waals surface area contributed by atoms with E-state index < -0.39 is 0 Å². The molecule has 5 heteroatoms. The molecule has 0 aliphatic carbocycles. The monoisotopic (exact) mass is 316 g/mol. The van der Waals surface area contributed by atoms with Crippen LogP contribution in [0.1, 0.15) is 37.4 Å². The van der Waals surface area contributed by atoms with Crippen LogP contribution in [0, 0.1) is 5.92 Å². The molecular weight excluding hydrogens is 292 g/mol. The van der Waals surface area contributed by atoms with E-state index in [0.29, 0.717) is 31.2 Å². The number of hydrogen-bond donors (Lipinski definition) is 3. The maximum absolute atomic E-state index is 11.8. The van der Waals surface area contributed by atoms with E-state index in [-0.39, 0.29) is 12.5 Å². The van der Waals surface area contributed by atoms with Gasteiger partial charge in [-0.3, -0.25) is 4.79 Å². The van der Waals surface area contributed by atoms with Crippen LogP contribution in [-0.2, 0) is 24.5 Å². The number of rotatable bonds is 8. The Morgan fingerprint density at radius 3 is 2.65 bits per heavy atom. The lowest BCUT2D eigenvalue weighted by molar-refractivity contribution is -0.116. The Balaban J connectivity index is 1.83. The molecule has 0 saturated heterocycles. The van der Waals surface area contributed by atoms with Gasteiger partial charge >= 0.3 is 0 Å². The molecule has 0 atom stereocenters. The number of aliphatic hydroxyl groups is 1. The van der Waals surface area contributed by atoms with Crippen molar-refractivity contribution < 1.29 is 14.3 Å². The average molecular weight is 316 g/mol.